The molecule has 1 fully saturated rings. The molecule has 0 spiro atoms. The van der Waals surface area contributed by atoms with Crippen LogP contribution in [0.3, 0.4) is 0 Å². The van der Waals surface area contributed by atoms with E-state index in [1.807, 2.05) is 4.57 Å². The molecular weight excluding hydrogens is 358 g/mol. The van der Waals surface area contributed by atoms with Crippen molar-refractivity contribution >= 4 is 11.8 Å². The van der Waals surface area contributed by atoms with Crippen molar-refractivity contribution in [2.45, 2.75) is 36.6 Å². The van der Waals surface area contributed by atoms with Crippen molar-refractivity contribution in [3.05, 3.63) is 30.1 Å². The van der Waals surface area contributed by atoms with Crippen LogP contribution in [0.1, 0.15) is 25.3 Å². The van der Waals surface area contributed by atoms with Crippen LogP contribution < -0.4 is 0 Å². The summed E-state index contributed by atoms with van der Waals surface area (Å²) in [7, 11) is 0. The molecule has 9 heteroatoms. The number of halogens is 4. The molecule has 136 valence electrons. The lowest BCUT2D eigenvalue weighted by Crippen LogP contribution is -2.17. The summed E-state index contributed by atoms with van der Waals surface area (Å²) in [5, 5.41) is 8.93. The zero-order chi connectivity index (χ0) is 17.9. The Hall–Kier alpha value is -1.61. The topological polar surface area (TPSA) is 39.9 Å². The van der Waals surface area contributed by atoms with E-state index in [0.29, 0.717) is 28.7 Å². The molecule has 1 saturated carbocycles. The van der Waals surface area contributed by atoms with Gasteiger partial charge in [-0.05, 0) is 31.4 Å². The highest BCUT2D eigenvalue weighted by atomic mass is 32.2. The molecule has 2 aromatic rings. The Labute approximate surface area is 146 Å². The Kier molecular flexibility index (Phi) is 5.63. The standard InChI is InChI=1S/C16H17F4N3OS/c17-13-5-2-1-4-12(13)14-21-22-15(23(14)11-6-7-11)25-9-3-8-24-10-16(18,19)20/h1-2,4-5,11H,3,6-10H2. The first-order valence-corrected chi connectivity index (χ1v) is 8.91. The highest BCUT2D eigenvalue weighted by Crippen LogP contribution is 2.41. The third kappa shape index (κ3) is 4.94. The number of benzene rings is 1. The van der Waals surface area contributed by atoms with Crippen molar-refractivity contribution in [1.29, 1.82) is 0 Å². The molecule has 0 N–H and O–H groups in total. The fourth-order valence-corrected chi connectivity index (χ4v) is 3.29. The van der Waals surface area contributed by atoms with Gasteiger partial charge in [-0.15, -0.1) is 10.2 Å². The summed E-state index contributed by atoms with van der Waals surface area (Å²) in [6.07, 6.45) is -1.86. The van der Waals surface area contributed by atoms with Gasteiger partial charge < -0.3 is 4.74 Å². The van der Waals surface area contributed by atoms with Crippen LogP contribution in [0.5, 0.6) is 0 Å². The predicted molar refractivity (Wildman–Crippen MR) is 85.9 cm³/mol. The Bertz CT molecular complexity index is 716. The number of rotatable bonds is 8. The first-order valence-electron chi connectivity index (χ1n) is 7.93. The number of hydrogen-bond acceptors (Lipinski definition) is 4. The number of thioether (sulfide) groups is 1. The fraction of sp³-hybridized carbons (Fsp3) is 0.500. The first-order chi connectivity index (χ1) is 12.0. The lowest BCUT2D eigenvalue weighted by atomic mass is 10.2. The van der Waals surface area contributed by atoms with Crippen LogP contribution >= 0.6 is 11.8 Å². The second-order valence-electron chi connectivity index (χ2n) is 5.76. The summed E-state index contributed by atoms with van der Waals surface area (Å²) in [6, 6.07) is 6.67. The van der Waals surface area contributed by atoms with E-state index in [1.165, 1.54) is 17.8 Å². The second kappa shape index (κ2) is 7.74. The van der Waals surface area contributed by atoms with Crippen molar-refractivity contribution < 1.29 is 22.3 Å². The number of nitrogens with zero attached hydrogens (tertiary/aromatic N) is 3. The average molecular weight is 375 g/mol. The van der Waals surface area contributed by atoms with Gasteiger partial charge in [0.15, 0.2) is 11.0 Å². The molecule has 0 bridgehead atoms. The minimum Gasteiger partial charge on any atom is -0.372 e. The molecule has 25 heavy (non-hydrogen) atoms. The molecule has 1 aromatic heterocycles. The molecule has 0 atom stereocenters. The van der Waals surface area contributed by atoms with Gasteiger partial charge in [-0.2, -0.15) is 13.2 Å². The molecule has 1 aliphatic rings. The summed E-state index contributed by atoms with van der Waals surface area (Å²) in [6.45, 7) is -1.20. The molecule has 4 nitrogen and oxygen atoms in total. The lowest BCUT2D eigenvalue weighted by molar-refractivity contribution is -0.173. The second-order valence-corrected chi connectivity index (χ2v) is 6.82. The molecule has 0 radical (unpaired) electrons. The van der Waals surface area contributed by atoms with E-state index < -0.39 is 12.8 Å². The molecule has 0 amide bonds. The van der Waals surface area contributed by atoms with Crippen LogP contribution in [-0.4, -0.2) is 39.9 Å². The van der Waals surface area contributed by atoms with E-state index in [0.717, 1.165) is 12.8 Å². The minimum atomic E-state index is -4.30. The van der Waals surface area contributed by atoms with Crippen LogP contribution in [0.25, 0.3) is 11.4 Å². The van der Waals surface area contributed by atoms with Crippen LogP contribution in [0.4, 0.5) is 17.6 Å². The summed E-state index contributed by atoms with van der Waals surface area (Å²) in [4.78, 5) is 0. The molecule has 0 saturated heterocycles. The van der Waals surface area contributed by atoms with Gasteiger partial charge in [-0.1, -0.05) is 23.9 Å². The van der Waals surface area contributed by atoms with Crippen LogP contribution in [-0.2, 0) is 4.74 Å². The van der Waals surface area contributed by atoms with Crippen molar-refractivity contribution in [2.75, 3.05) is 19.0 Å². The van der Waals surface area contributed by atoms with Crippen LogP contribution in [0, 0.1) is 5.82 Å². The minimum absolute atomic E-state index is 0.0320. The molecule has 3 rings (SSSR count). The largest absolute Gasteiger partial charge is 0.411 e. The SMILES string of the molecule is Fc1ccccc1-c1nnc(SCCCOCC(F)(F)F)n1C1CC1. The van der Waals surface area contributed by atoms with Gasteiger partial charge >= 0.3 is 6.18 Å². The number of aromatic nitrogens is 3. The lowest BCUT2D eigenvalue weighted by Gasteiger charge is -2.10. The average Bonchev–Trinajstić information content (AvgIpc) is 3.31. The first kappa shape index (κ1) is 18.2. The molecule has 0 aliphatic heterocycles. The predicted octanol–water partition coefficient (Wildman–Crippen LogP) is 4.48. The van der Waals surface area contributed by atoms with E-state index in [9.17, 15) is 17.6 Å². The quantitative estimate of drug-likeness (QED) is 0.387. The van der Waals surface area contributed by atoms with Gasteiger partial charge in [0.05, 0.1) is 5.56 Å². The summed E-state index contributed by atoms with van der Waals surface area (Å²) < 4.78 is 56.5. The maximum Gasteiger partial charge on any atom is 0.411 e. The fourth-order valence-electron chi connectivity index (χ4n) is 2.38. The van der Waals surface area contributed by atoms with Crippen LogP contribution in [0.2, 0.25) is 0 Å². The van der Waals surface area contributed by atoms with Gasteiger partial charge in [0.1, 0.15) is 12.4 Å². The van der Waals surface area contributed by atoms with Gasteiger partial charge in [0.25, 0.3) is 0 Å². The van der Waals surface area contributed by atoms with Gasteiger partial charge in [-0.3, -0.25) is 4.57 Å². The van der Waals surface area contributed by atoms with Gasteiger partial charge in [0.2, 0.25) is 0 Å². The van der Waals surface area contributed by atoms with E-state index in [4.69, 9.17) is 0 Å². The van der Waals surface area contributed by atoms with Crippen LogP contribution in [0.15, 0.2) is 29.4 Å². The zero-order valence-corrected chi connectivity index (χ0v) is 14.1. The number of hydrogen-bond donors (Lipinski definition) is 0. The Morgan fingerprint density at radius 3 is 2.64 bits per heavy atom. The summed E-state index contributed by atoms with van der Waals surface area (Å²) in [5.74, 6) is 0.699. The molecular formula is C16H17F4N3OS. The van der Waals surface area contributed by atoms with E-state index >= 15 is 0 Å². The van der Waals surface area contributed by atoms with E-state index in [2.05, 4.69) is 14.9 Å². The zero-order valence-electron chi connectivity index (χ0n) is 13.3. The highest BCUT2D eigenvalue weighted by Gasteiger charge is 2.31. The van der Waals surface area contributed by atoms with Crippen molar-refractivity contribution in [3.8, 4) is 11.4 Å². The number of alkyl halides is 3. The monoisotopic (exact) mass is 375 g/mol. The third-order valence-corrected chi connectivity index (χ3v) is 4.65. The van der Waals surface area contributed by atoms with E-state index in [-0.39, 0.29) is 18.5 Å². The summed E-state index contributed by atoms with van der Waals surface area (Å²) in [5.41, 5.74) is 0.405. The number of ether oxygens (including phenoxy) is 1. The van der Waals surface area contributed by atoms with Gasteiger partial charge in [0, 0.05) is 18.4 Å². The summed E-state index contributed by atoms with van der Waals surface area (Å²) >= 11 is 1.40. The van der Waals surface area contributed by atoms with Crippen molar-refractivity contribution in [2.24, 2.45) is 0 Å². The van der Waals surface area contributed by atoms with Gasteiger partial charge in [-0.25, -0.2) is 4.39 Å². The Balaban J connectivity index is 1.60. The normalized spacial score (nSPS) is 14.9. The molecule has 1 aliphatic carbocycles. The molecule has 1 heterocycles. The molecule has 0 unspecified atom stereocenters. The maximum absolute atomic E-state index is 14.0. The van der Waals surface area contributed by atoms with Crippen molar-refractivity contribution in [1.82, 2.24) is 14.8 Å². The molecule has 1 aromatic carbocycles. The third-order valence-electron chi connectivity index (χ3n) is 3.62. The highest BCUT2D eigenvalue weighted by molar-refractivity contribution is 7.99. The smallest absolute Gasteiger partial charge is 0.372 e. The maximum atomic E-state index is 14.0. The Morgan fingerprint density at radius 1 is 1.20 bits per heavy atom. The van der Waals surface area contributed by atoms with E-state index in [1.54, 1.807) is 18.2 Å². The van der Waals surface area contributed by atoms with Crippen molar-refractivity contribution in [3.63, 3.8) is 0 Å². The Morgan fingerprint density at radius 2 is 1.96 bits per heavy atom.